The lowest BCUT2D eigenvalue weighted by Crippen LogP contribution is -2.14. The number of anilines is 1. The van der Waals surface area contributed by atoms with Crippen LogP contribution in [-0.2, 0) is 5.41 Å². The molecule has 2 rings (SSSR count). The number of hydrogen-bond donors (Lipinski definition) is 1. The third-order valence-corrected chi connectivity index (χ3v) is 3.05. The van der Waals surface area contributed by atoms with Gasteiger partial charge in [0.05, 0.1) is 5.69 Å². The SMILES string of the molecule is Cc1cc(C(=O)Nc2nc(C(C)(C)C)co2)ns1. The molecule has 0 atom stereocenters. The highest BCUT2D eigenvalue weighted by atomic mass is 32.1. The second-order valence-electron chi connectivity index (χ2n) is 5.06. The van der Waals surface area contributed by atoms with E-state index in [4.69, 9.17) is 4.42 Å². The van der Waals surface area contributed by atoms with E-state index in [9.17, 15) is 4.79 Å². The first-order valence-electron chi connectivity index (χ1n) is 5.57. The number of aromatic nitrogens is 2. The number of hydrogen-bond acceptors (Lipinski definition) is 5. The van der Waals surface area contributed by atoms with Crippen LogP contribution in [0.15, 0.2) is 16.7 Å². The Balaban J connectivity index is 2.10. The van der Waals surface area contributed by atoms with Crippen LogP contribution in [0.1, 0.15) is 41.8 Å². The van der Waals surface area contributed by atoms with Crippen LogP contribution in [0.25, 0.3) is 0 Å². The van der Waals surface area contributed by atoms with Gasteiger partial charge < -0.3 is 4.42 Å². The molecule has 6 heteroatoms. The Bertz CT molecular complexity index is 566. The van der Waals surface area contributed by atoms with Crippen molar-refractivity contribution in [2.24, 2.45) is 0 Å². The van der Waals surface area contributed by atoms with Crippen molar-refractivity contribution in [3.05, 3.63) is 28.6 Å². The fourth-order valence-corrected chi connectivity index (χ4v) is 1.85. The van der Waals surface area contributed by atoms with Gasteiger partial charge in [0.2, 0.25) is 0 Å². The zero-order valence-corrected chi connectivity index (χ0v) is 11.6. The van der Waals surface area contributed by atoms with E-state index in [1.165, 1.54) is 11.5 Å². The summed E-state index contributed by atoms with van der Waals surface area (Å²) in [6.07, 6.45) is 1.56. The summed E-state index contributed by atoms with van der Waals surface area (Å²) in [5, 5.41) is 2.59. The van der Waals surface area contributed by atoms with E-state index in [0.717, 1.165) is 10.6 Å². The van der Waals surface area contributed by atoms with Crippen LogP contribution in [-0.4, -0.2) is 15.3 Å². The molecule has 18 heavy (non-hydrogen) atoms. The summed E-state index contributed by atoms with van der Waals surface area (Å²) < 4.78 is 9.25. The van der Waals surface area contributed by atoms with Gasteiger partial charge in [-0.15, -0.1) is 0 Å². The fraction of sp³-hybridized carbons (Fsp3) is 0.417. The lowest BCUT2D eigenvalue weighted by molar-refractivity contribution is 0.102. The first-order valence-corrected chi connectivity index (χ1v) is 6.34. The minimum atomic E-state index is -0.304. The van der Waals surface area contributed by atoms with Crippen molar-refractivity contribution in [2.45, 2.75) is 33.1 Å². The van der Waals surface area contributed by atoms with Crippen molar-refractivity contribution in [2.75, 3.05) is 5.32 Å². The molecule has 0 aliphatic heterocycles. The summed E-state index contributed by atoms with van der Waals surface area (Å²) in [6, 6.07) is 1.93. The molecule has 5 nitrogen and oxygen atoms in total. The number of amides is 1. The van der Waals surface area contributed by atoms with Gasteiger partial charge in [-0.2, -0.15) is 9.36 Å². The maximum absolute atomic E-state index is 11.8. The van der Waals surface area contributed by atoms with Gasteiger partial charge in [-0.3, -0.25) is 10.1 Å². The van der Waals surface area contributed by atoms with Crippen molar-refractivity contribution in [1.29, 1.82) is 0 Å². The number of nitrogens with one attached hydrogen (secondary N) is 1. The maximum Gasteiger partial charge on any atom is 0.301 e. The summed E-state index contributed by atoms with van der Waals surface area (Å²) in [6.45, 7) is 7.98. The van der Waals surface area contributed by atoms with E-state index in [-0.39, 0.29) is 17.3 Å². The van der Waals surface area contributed by atoms with Gasteiger partial charge in [0.1, 0.15) is 12.0 Å². The van der Waals surface area contributed by atoms with Crippen LogP contribution >= 0.6 is 11.5 Å². The van der Waals surface area contributed by atoms with Crippen molar-refractivity contribution >= 4 is 23.5 Å². The van der Waals surface area contributed by atoms with Crippen molar-refractivity contribution in [1.82, 2.24) is 9.36 Å². The van der Waals surface area contributed by atoms with Crippen LogP contribution in [0, 0.1) is 6.92 Å². The second kappa shape index (κ2) is 4.53. The zero-order valence-electron chi connectivity index (χ0n) is 10.8. The minimum Gasteiger partial charge on any atom is -0.432 e. The average Bonchev–Trinajstić information content (AvgIpc) is 2.85. The highest BCUT2D eigenvalue weighted by molar-refractivity contribution is 7.05. The van der Waals surface area contributed by atoms with Gasteiger partial charge >= 0.3 is 6.01 Å². The van der Waals surface area contributed by atoms with E-state index in [2.05, 4.69) is 14.7 Å². The molecule has 1 amide bonds. The summed E-state index contributed by atoms with van der Waals surface area (Å²) in [5.41, 5.74) is 1.07. The van der Waals surface area contributed by atoms with Gasteiger partial charge in [0, 0.05) is 10.3 Å². The minimum absolute atomic E-state index is 0.107. The number of carbonyl (C=O) groups excluding carboxylic acids is 1. The van der Waals surface area contributed by atoms with E-state index in [0.29, 0.717) is 5.69 Å². The van der Waals surface area contributed by atoms with Gasteiger partial charge in [0.25, 0.3) is 5.91 Å². The highest BCUT2D eigenvalue weighted by Crippen LogP contribution is 2.23. The Labute approximate surface area is 109 Å². The van der Waals surface area contributed by atoms with Gasteiger partial charge in [0.15, 0.2) is 0 Å². The Morgan fingerprint density at radius 2 is 2.17 bits per heavy atom. The monoisotopic (exact) mass is 265 g/mol. The average molecular weight is 265 g/mol. The molecule has 0 bridgehead atoms. The first-order chi connectivity index (χ1) is 8.36. The molecule has 2 heterocycles. The lowest BCUT2D eigenvalue weighted by Gasteiger charge is -2.12. The van der Waals surface area contributed by atoms with E-state index in [1.54, 1.807) is 12.3 Å². The molecule has 0 aliphatic carbocycles. The molecule has 0 fully saturated rings. The molecule has 0 aliphatic rings. The smallest absolute Gasteiger partial charge is 0.301 e. The van der Waals surface area contributed by atoms with Crippen LogP contribution in [0.4, 0.5) is 6.01 Å². The zero-order chi connectivity index (χ0) is 13.3. The van der Waals surface area contributed by atoms with Crippen LogP contribution in [0.5, 0.6) is 0 Å². The van der Waals surface area contributed by atoms with Gasteiger partial charge in [-0.05, 0) is 24.5 Å². The largest absolute Gasteiger partial charge is 0.432 e. The molecule has 2 aromatic rings. The summed E-state index contributed by atoms with van der Waals surface area (Å²) in [4.78, 5) is 17.0. The Morgan fingerprint density at radius 3 is 2.67 bits per heavy atom. The lowest BCUT2D eigenvalue weighted by atomic mass is 9.93. The molecule has 96 valence electrons. The Hall–Kier alpha value is -1.69. The molecule has 0 radical (unpaired) electrons. The van der Waals surface area contributed by atoms with Crippen molar-refractivity contribution in [3.8, 4) is 0 Å². The fourth-order valence-electron chi connectivity index (χ4n) is 1.31. The normalized spacial score (nSPS) is 11.6. The van der Waals surface area contributed by atoms with E-state index < -0.39 is 0 Å². The number of aryl methyl sites for hydroxylation is 1. The predicted molar refractivity (Wildman–Crippen MR) is 70.0 cm³/mol. The quantitative estimate of drug-likeness (QED) is 0.906. The predicted octanol–water partition coefficient (Wildman–Crippen LogP) is 2.99. The van der Waals surface area contributed by atoms with Crippen LogP contribution < -0.4 is 5.32 Å². The molecule has 0 saturated heterocycles. The number of carbonyl (C=O) groups is 1. The third kappa shape index (κ3) is 2.76. The maximum atomic E-state index is 11.8. The number of rotatable bonds is 2. The third-order valence-electron chi connectivity index (χ3n) is 2.35. The highest BCUT2D eigenvalue weighted by Gasteiger charge is 2.20. The molecule has 0 saturated carbocycles. The van der Waals surface area contributed by atoms with Crippen LogP contribution in [0.3, 0.4) is 0 Å². The standard InChI is InChI=1S/C12H15N3O2S/c1-7-5-8(15-18-7)10(16)14-11-13-9(6-17-11)12(2,3)4/h5-6H,1-4H3,(H,13,14,16). The topological polar surface area (TPSA) is 68.0 Å². The molecule has 0 spiro atoms. The molecule has 0 unspecified atom stereocenters. The first kappa shape index (κ1) is 12.8. The number of nitrogens with zero attached hydrogens (tertiary/aromatic N) is 2. The van der Waals surface area contributed by atoms with Gasteiger partial charge in [-0.1, -0.05) is 20.8 Å². The Morgan fingerprint density at radius 1 is 1.44 bits per heavy atom. The van der Waals surface area contributed by atoms with Crippen LogP contribution in [0.2, 0.25) is 0 Å². The summed E-state index contributed by atoms with van der Waals surface area (Å²) >= 11 is 1.29. The molecule has 2 aromatic heterocycles. The van der Waals surface area contributed by atoms with Crippen molar-refractivity contribution < 1.29 is 9.21 Å². The Kier molecular flexibility index (Phi) is 3.21. The van der Waals surface area contributed by atoms with E-state index >= 15 is 0 Å². The molecule has 0 aromatic carbocycles. The van der Waals surface area contributed by atoms with Crippen molar-refractivity contribution in [3.63, 3.8) is 0 Å². The molecule has 1 N–H and O–H groups in total. The molecular weight excluding hydrogens is 250 g/mol. The summed E-state index contributed by atoms with van der Waals surface area (Å²) in [7, 11) is 0. The van der Waals surface area contributed by atoms with E-state index in [1.807, 2.05) is 27.7 Å². The molecular formula is C12H15N3O2S. The second-order valence-corrected chi connectivity index (χ2v) is 6.07. The number of oxazole rings is 1. The summed E-state index contributed by atoms with van der Waals surface area (Å²) in [5.74, 6) is -0.304. The van der Waals surface area contributed by atoms with Gasteiger partial charge in [-0.25, -0.2) is 0 Å².